The van der Waals surface area contributed by atoms with Crippen LogP contribution in [-0.4, -0.2) is 34.9 Å². The third-order valence-corrected chi connectivity index (χ3v) is 6.39. The normalized spacial score (nSPS) is 18.1. The Kier molecular flexibility index (Phi) is 6.30. The highest BCUT2D eigenvalue weighted by molar-refractivity contribution is 5.94. The Bertz CT molecular complexity index is 1010. The minimum atomic E-state index is -2.94. The summed E-state index contributed by atoms with van der Waals surface area (Å²) >= 11 is 0. The van der Waals surface area contributed by atoms with Gasteiger partial charge in [-0.2, -0.15) is 0 Å². The van der Waals surface area contributed by atoms with Gasteiger partial charge in [0, 0.05) is 44.4 Å². The van der Waals surface area contributed by atoms with Crippen molar-refractivity contribution < 1.29 is 22.7 Å². The zero-order valence-electron chi connectivity index (χ0n) is 18.8. The van der Waals surface area contributed by atoms with Crippen LogP contribution in [0.25, 0.3) is 0 Å². The predicted molar refractivity (Wildman–Crippen MR) is 116 cm³/mol. The number of aryl methyl sites for hydroxylation is 1. The molecule has 2 fully saturated rings. The summed E-state index contributed by atoms with van der Waals surface area (Å²) in [5.74, 6) is -3.00. The van der Waals surface area contributed by atoms with Crippen LogP contribution in [0.3, 0.4) is 0 Å². The average Bonchev–Trinajstić information content (AvgIpc) is 3.55. The lowest BCUT2D eigenvalue weighted by Gasteiger charge is -2.32. The van der Waals surface area contributed by atoms with Gasteiger partial charge in [-0.15, -0.1) is 0 Å². The first-order valence-corrected chi connectivity index (χ1v) is 11.2. The topological polar surface area (TPSA) is 42.4 Å². The van der Waals surface area contributed by atoms with E-state index < -0.39 is 11.7 Å². The standard InChI is InChI=1S/C25H29F3N2O2/c1-15-13-29-24(12-22(15)25(3,27)28)32-19-6-8-30(9-7-19)14-18-10-23(26)20(16(2)31)11-21(18)17-4-5-17/h10-13,17,19H,4-9,14H2,1-3H3. The Morgan fingerprint density at radius 1 is 1.19 bits per heavy atom. The van der Waals surface area contributed by atoms with Crippen molar-refractivity contribution in [2.24, 2.45) is 0 Å². The van der Waals surface area contributed by atoms with E-state index in [1.54, 1.807) is 13.0 Å². The first-order chi connectivity index (χ1) is 15.1. The van der Waals surface area contributed by atoms with Crippen molar-refractivity contribution in [2.45, 2.75) is 70.9 Å². The quantitative estimate of drug-likeness (QED) is 0.507. The fourth-order valence-corrected chi connectivity index (χ4v) is 4.45. The molecule has 0 N–H and O–H groups in total. The third-order valence-electron chi connectivity index (χ3n) is 6.39. The zero-order valence-corrected chi connectivity index (χ0v) is 18.8. The van der Waals surface area contributed by atoms with Crippen LogP contribution in [0, 0.1) is 12.7 Å². The van der Waals surface area contributed by atoms with Crippen molar-refractivity contribution in [3.63, 3.8) is 0 Å². The maximum Gasteiger partial charge on any atom is 0.271 e. The van der Waals surface area contributed by atoms with Crippen LogP contribution < -0.4 is 4.74 Å². The molecule has 1 aliphatic heterocycles. The van der Waals surface area contributed by atoms with Crippen LogP contribution in [0.5, 0.6) is 5.88 Å². The molecule has 0 bridgehead atoms. The number of carbonyl (C=O) groups is 1. The van der Waals surface area contributed by atoms with Crippen molar-refractivity contribution in [1.82, 2.24) is 9.88 Å². The summed E-state index contributed by atoms with van der Waals surface area (Å²) in [7, 11) is 0. The lowest BCUT2D eigenvalue weighted by molar-refractivity contribution is 0.0160. The van der Waals surface area contributed by atoms with E-state index in [1.807, 2.05) is 0 Å². The van der Waals surface area contributed by atoms with E-state index in [4.69, 9.17) is 4.74 Å². The molecular formula is C25H29F3N2O2. The first-order valence-electron chi connectivity index (χ1n) is 11.2. The van der Waals surface area contributed by atoms with Gasteiger partial charge < -0.3 is 4.74 Å². The molecule has 4 nitrogen and oxygen atoms in total. The largest absolute Gasteiger partial charge is 0.474 e. The van der Waals surface area contributed by atoms with Gasteiger partial charge in [-0.1, -0.05) is 0 Å². The van der Waals surface area contributed by atoms with E-state index in [2.05, 4.69) is 9.88 Å². The number of Topliss-reactive ketones (excluding diaryl/α,β-unsaturated/α-hetero) is 1. The van der Waals surface area contributed by atoms with Crippen LogP contribution in [0.2, 0.25) is 0 Å². The van der Waals surface area contributed by atoms with E-state index in [0.717, 1.165) is 56.8 Å². The molecular weight excluding hydrogens is 417 g/mol. The van der Waals surface area contributed by atoms with Crippen LogP contribution in [0.1, 0.15) is 78.1 Å². The maximum absolute atomic E-state index is 14.4. The number of alkyl halides is 2. The molecule has 0 amide bonds. The zero-order chi connectivity index (χ0) is 23.0. The highest BCUT2D eigenvalue weighted by atomic mass is 19.3. The fraction of sp³-hybridized carbons (Fsp3) is 0.520. The van der Waals surface area contributed by atoms with E-state index in [0.29, 0.717) is 18.0 Å². The number of pyridine rings is 1. The Hall–Kier alpha value is -2.41. The summed E-state index contributed by atoms with van der Waals surface area (Å²) in [6.45, 7) is 6.03. The minimum Gasteiger partial charge on any atom is -0.474 e. The molecule has 4 rings (SSSR count). The van der Waals surface area contributed by atoms with Gasteiger partial charge in [-0.25, -0.2) is 18.2 Å². The molecule has 0 spiro atoms. The second-order valence-electron chi connectivity index (χ2n) is 9.18. The average molecular weight is 447 g/mol. The lowest BCUT2D eigenvalue weighted by Crippen LogP contribution is -2.38. The Labute approximate surface area is 186 Å². The number of likely N-dealkylation sites (tertiary alicyclic amines) is 1. The monoisotopic (exact) mass is 446 g/mol. The highest BCUT2D eigenvalue weighted by Crippen LogP contribution is 2.43. The van der Waals surface area contributed by atoms with Crippen molar-refractivity contribution in [2.75, 3.05) is 13.1 Å². The number of rotatable bonds is 7. The highest BCUT2D eigenvalue weighted by Gasteiger charge is 2.30. The van der Waals surface area contributed by atoms with Gasteiger partial charge in [0.05, 0.1) is 5.56 Å². The second kappa shape index (κ2) is 8.85. The van der Waals surface area contributed by atoms with Gasteiger partial charge in [-0.3, -0.25) is 9.69 Å². The number of ketones is 1. The molecule has 2 aliphatic rings. The molecule has 1 aromatic carbocycles. The Morgan fingerprint density at radius 2 is 1.88 bits per heavy atom. The minimum absolute atomic E-state index is 0.0661. The second-order valence-corrected chi connectivity index (χ2v) is 9.18. The van der Waals surface area contributed by atoms with Crippen molar-refractivity contribution in [1.29, 1.82) is 0 Å². The molecule has 2 aromatic rings. The molecule has 1 saturated heterocycles. The number of benzene rings is 1. The number of piperidine rings is 1. The van der Waals surface area contributed by atoms with Crippen LogP contribution in [-0.2, 0) is 12.5 Å². The number of hydrogen-bond donors (Lipinski definition) is 0. The molecule has 1 aromatic heterocycles. The smallest absolute Gasteiger partial charge is 0.271 e. The molecule has 0 radical (unpaired) electrons. The van der Waals surface area contributed by atoms with Crippen LogP contribution in [0.15, 0.2) is 24.4 Å². The van der Waals surface area contributed by atoms with Crippen molar-refractivity contribution in [3.05, 3.63) is 58.0 Å². The molecule has 1 saturated carbocycles. The van der Waals surface area contributed by atoms with Gasteiger partial charge in [0.1, 0.15) is 11.9 Å². The fourth-order valence-electron chi connectivity index (χ4n) is 4.45. The summed E-state index contributed by atoms with van der Waals surface area (Å²) in [4.78, 5) is 18.1. The van der Waals surface area contributed by atoms with Crippen LogP contribution in [0.4, 0.5) is 13.2 Å². The molecule has 0 unspecified atom stereocenters. The van der Waals surface area contributed by atoms with Gasteiger partial charge >= 0.3 is 0 Å². The number of carbonyl (C=O) groups excluding carboxylic acids is 1. The first kappa shape index (κ1) is 22.8. The van der Waals surface area contributed by atoms with Crippen molar-refractivity contribution in [3.8, 4) is 5.88 Å². The Morgan fingerprint density at radius 3 is 2.47 bits per heavy atom. The SMILES string of the molecule is CC(=O)c1cc(C2CC2)c(CN2CCC(Oc3cc(C(C)(F)F)c(C)cn3)CC2)cc1F. The van der Waals surface area contributed by atoms with Gasteiger partial charge in [0.15, 0.2) is 5.78 Å². The molecule has 32 heavy (non-hydrogen) atoms. The summed E-state index contributed by atoms with van der Waals surface area (Å²) < 4.78 is 47.9. The van der Waals surface area contributed by atoms with E-state index in [1.165, 1.54) is 25.3 Å². The number of aromatic nitrogens is 1. The number of nitrogens with zero attached hydrogens (tertiary/aromatic N) is 2. The summed E-state index contributed by atoms with van der Waals surface area (Å²) in [6, 6.07) is 4.60. The molecule has 1 aliphatic carbocycles. The Balaban J connectivity index is 1.39. The van der Waals surface area contributed by atoms with E-state index >= 15 is 0 Å². The summed E-state index contributed by atoms with van der Waals surface area (Å²) in [5.41, 5.74) is 2.58. The van der Waals surface area contributed by atoms with Gasteiger partial charge in [-0.05, 0) is 74.3 Å². The summed E-state index contributed by atoms with van der Waals surface area (Å²) in [6.07, 6.45) is 4.96. The van der Waals surface area contributed by atoms with E-state index in [9.17, 15) is 18.0 Å². The molecule has 172 valence electrons. The molecule has 2 heterocycles. The van der Waals surface area contributed by atoms with Crippen molar-refractivity contribution >= 4 is 5.78 Å². The number of halogens is 3. The molecule has 7 heteroatoms. The van der Waals surface area contributed by atoms with E-state index in [-0.39, 0.29) is 28.9 Å². The van der Waals surface area contributed by atoms with Gasteiger partial charge in [0.2, 0.25) is 5.88 Å². The van der Waals surface area contributed by atoms with Gasteiger partial charge in [0.25, 0.3) is 5.92 Å². The van der Waals surface area contributed by atoms with Crippen LogP contribution >= 0.6 is 0 Å². The summed E-state index contributed by atoms with van der Waals surface area (Å²) in [5, 5.41) is 0. The predicted octanol–water partition coefficient (Wildman–Crippen LogP) is 5.76. The number of hydrogen-bond acceptors (Lipinski definition) is 4. The number of ether oxygens (including phenoxy) is 1. The molecule has 0 atom stereocenters. The maximum atomic E-state index is 14.4. The third kappa shape index (κ3) is 5.14. The lowest BCUT2D eigenvalue weighted by atomic mass is 9.96.